The normalized spacial score (nSPS) is 10.5. The minimum absolute atomic E-state index is 0.725. The van der Waals surface area contributed by atoms with Gasteiger partial charge in [-0.05, 0) is 47.5 Å². The zero-order chi connectivity index (χ0) is 17.8. The van der Waals surface area contributed by atoms with Gasteiger partial charge < -0.3 is 4.90 Å². The highest BCUT2D eigenvalue weighted by Crippen LogP contribution is 2.38. The summed E-state index contributed by atoms with van der Waals surface area (Å²) in [5.74, 6) is 0. The maximum atomic E-state index is 6.50. The molecule has 0 aliphatic carbocycles. The monoisotopic (exact) mass is 355 g/mol. The van der Waals surface area contributed by atoms with E-state index in [1.807, 2.05) is 48.5 Å². The van der Waals surface area contributed by atoms with Gasteiger partial charge in [0.05, 0.1) is 10.7 Å². The number of rotatable bonds is 4. The van der Waals surface area contributed by atoms with Crippen molar-refractivity contribution >= 4 is 28.7 Å². The third-order valence-electron chi connectivity index (χ3n) is 4.34. The number of benzene rings is 4. The lowest BCUT2D eigenvalue weighted by molar-refractivity contribution is 1.28. The van der Waals surface area contributed by atoms with Gasteiger partial charge in [0.25, 0.3) is 0 Å². The van der Waals surface area contributed by atoms with Crippen LogP contribution in [-0.4, -0.2) is 0 Å². The maximum Gasteiger partial charge on any atom is 0.0647 e. The lowest BCUT2D eigenvalue weighted by Crippen LogP contribution is -2.10. The third-order valence-corrected chi connectivity index (χ3v) is 4.66. The smallest absolute Gasteiger partial charge is 0.0647 e. The minimum Gasteiger partial charge on any atom is -0.309 e. The van der Waals surface area contributed by atoms with Crippen molar-refractivity contribution in [2.45, 2.75) is 0 Å². The van der Waals surface area contributed by atoms with Gasteiger partial charge in [0.2, 0.25) is 0 Å². The van der Waals surface area contributed by atoms with Crippen LogP contribution < -0.4 is 4.90 Å². The van der Waals surface area contributed by atoms with Crippen LogP contribution >= 0.6 is 11.6 Å². The van der Waals surface area contributed by atoms with Crippen molar-refractivity contribution in [3.05, 3.63) is 114 Å². The zero-order valence-corrected chi connectivity index (χ0v) is 15.0. The summed E-state index contributed by atoms with van der Waals surface area (Å²) in [4.78, 5) is 2.18. The van der Waals surface area contributed by atoms with Crippen LogP contribution in [0.1, 0.15) is 0 Å². The average molecular weight is 356 g/mol. The molecule has 1 nitrogen and oxygen atoms in total. The fourth-order valence-corrected chi connectivity index (χ4v) is 3.29. The molecule has 0 saturated heterocycles. The second-order valence-electron chi connectivity index (χ2n) is 6.04. The molecule has 126 valence electrons. The average Bonchev–Trinajstić information content (AvgIpc) is 2.72. The Balaban J connectivity index is 1.79. The Labute approximate surface area is 159 Å². The molecule has 0 aliphatic heterocycles. The highest BCUT2D eigenvalue weighted by Gasteiger charge is 2.14. The molecule has 4 aromatic rings. The van der Waals surface area contributed by atoms with E-state index in [0.29, 0.717) is 0 Å². The van der Waals surface area contributed by atoms with Crippen LogP contribution in [0.3, 0.4) is 0 Å². The molecular weight excluding hydrogens is 338 g/mol. The molecule has 0 bridgehead atoms. The summed E-state index contributed by atoms with van der Waals surface area (Å²) in [5, 5.41) is 0.725. The van der Waals surface area contributed by atoms with E-state index in [2.05, 4.69) is 65.6 Å². The Morgan fingerprint density at radius 2 is 0.962 bits per heavy atom. The molecule has 0 aliphatic rings. The summed E-state index contributed by atoms with van der Waals surface area (Å²) in [6.07, 6.45) is 0. The number of anilines is 3. The van der Waals surface area contributed by atoms with Gasteiger partial charge in [-0.2, -0.15) is 0 Å². The van der Waals surface area contributed by atoms with Gasteiger partial charge in [0.15, 0.2) is 0 Å². The van der Waals surface area contributed by atoms with E-state index in [1.54, 1.807) is 0 Å². The van der Waals surface area contributed by atoms with Crippen LogP contribution in [0.15, 0.2) is 109 Å². The Morgan fingerprint density at radius 3 is 1.62 bits per heavy atom. The molecule has 0 spiro atoms. The zero-order valence-electron chi connectivity index (χ0n) is 14.2. The Morgan fingerprint density at radius 1 is 0.462 bits per heavy atom. The highest BCUT2D eigenvalue weighted by atomic mass is 35.5. The number of halogens is 1. The van der Waals surface area contributed by atoms with Gasteiger partial charge in [0, 0.05) is 11.4 Å². The van der Waals surface area contributed by atoms with Crippen LogP contribution in [0.4, 0.5) is 17.1 Å². The second-order valence-corrected chi connectivity index (χ2v) is 6.44. The quantitative estimate of drug-likeness (QED) is 0.367. The Kier molecular flexibility index (Phi) is 4.72. The molecule has 0 heterocycles. The predicted molar refractivity (Wildman–Crippen MR) is 112 cm³/mol. The first-order chi connectivity index (χ1) is 12.8. The molecule has 0 unspecified atom stereocenters. The van der Waals surface area contributed by atoms with E-state index < -0.39 is 0 Å². The minimum atomic E-state index is 0.725. The molecule has 4 rings (SSSR count). The van der Waals surface area contributed by atoms with E-state index >= 15 is 0 Å². The fraction of sp³-hybridized carbons (Fsp3) is 0. The van der Waals surface area contributed by atoms with Crippen LogP contribution in [0.25, 0.3) is 11.1 Å². The van der Waals surface area contributed by atoms with Crippen molar-refractivity contribution in [1.82, 2.24) is 0 Å². The first-order valence-corrected chi connectivity index (χ1v) is 8.96. The van der Waals surface area contributed by atoms with Crippen LogP contribution in [-0.2, 0) is 0 Å². The third kappa shape index (κ3) is 3.35. The van der Waals surface area contributed by atoms with E-state index in [9.17, 15) is 0 Å². The van der Waals surface area contributed by atoms with Crippen molar-refractivity contribution in [2.24, 2.45) is 0 Å². The summed E-state index contributed by atoms with van der Waals surface area (Å²) in [6.45, 7) is 0. The lowest BCUT2D eigenvalue weighted by Gasteiger charge is -2.26. The summed E-state index contributed by atoms with van der Waals surface area (Å²) in [7, 11) is 0. The number of para-hydroxylation sites is 2. The van der Waals surface area contributed by atoms with Gasteiger partial charge in [-0.1, -0.05) is 84.4 Å². The molecule has 0 amide bonds. The van der Waals surface area contributed by atoms with Gasteiger partial charge in [-0.15, -0.1) is 0 Å². The summed E-state index contributed by atoms with van der Waals surface area (Å²) >= 11 is 6.50. The molecule has 0 N–H and O–H groups in total. The van der Waals surface area contributed by atoms with Crippen molar-refractivity contribution in [3.8, 4) is 11.1 Å². The van der Waals surface area contributed by atoms with Crippen LogP contribution in [0.2, 0.25) is 5.02 Å². The van der Waals surface area contributed by atoms with Crippen LogP contribution in [0, 0.1) is 0 Å². The van der Waals surface area contributed by atoms with Crippen molar-refractivity contribution in [1.29, 1.82) is 0 Å². The van der Waals surface area contributed by atoms with E-state index in [0.717, 1.165) is 22.1 Å². The van der Waals surface area contributed by atoms with Crippen molar-refractivity contribution in [3.63, 3.8) is 0 Å². The molecule has 4 aromatic carbocycles. The van der Waals surface area contributed by atoms with E-state index in [-0.39, 0.29) is 0 Å². The fourth-order valence-electron chi connectivity index (χ4n) is 3.07. The maximum absolute atomic E-state index is 6.50. The van der Waals surface area contributed by atoms with Crippen LogP contribution in [0.5, 0.6) is 0 Å². The molecule has 2 heteroatoms. The SMILES string of the molecule is Clc1ccccc1N(c1ccccc1)c1ccc(-c2ccccc2)cc1. The molecule has 0 atom stereocenters. The topological polar surface area (TPSA) is 3.24 Å². The Bertz CT molecular complexity index is 979. The first-order valence-electron chi connectivity index (χ1n) is 8.58. The molecule has 26 heavy (non-hydrogen) atoms. The van der Waals surface area contributed by atoms with Crippen molar-refractivity contribution in [2.75, 3.05) is 4.90 Å². The highest BCUT2D eigenvalue weighted by molar-refractivity contribution is 6.33. The molecule has 0 aromatic heterocycles. The molecule has 0 saturated carbocycles. The van der Waals surface area contributed by atoms with Gasteiger partial charge in [-0.25, -0.2) is 0 Å². The number of nitrogens with zero attached hydrogens (tertiary/aromatic N) is 1. The van der Waals surface area contributed by atoms with E-state index in [4.69, 9.17) is 11.6 Å². The molecule has 0 fully saturated rings. The number of hydrogen-bond donors (Lipinski definition) is 0. The largest absolute Gasteiger partial charge is 0.309 e. The summed E-state index contributed by atoms with van der Waals surface area (Å²) in [5.41, 5.74) is 5.52. The van der Waals surface area contributed by atoms with Gasteiger partial charge in [0.1, 0.15) is 0 Å². The Hall–Kier alpha value is -3.03. The summed E-state index contributed by atoms with van der Waals surface area (Å²) < 4.78 is 0. The molecule has 0 radical (unpaired) electrons. The van der Waals surface area contributed by atoms with Gasteiger partial charge >= 0.3 is 0 Å². The lowest BCUT2D eigenvalue weighted by atomic mass is 10.0. The first kappa shape index (κ1) is 16.4. The van der Waals surface area contributed by atoms with Crippen molar-refractivity contribution < 1.29 is 0 Å². The predicted octanol–water partition coefficient (Wildman–Crippen LogP) is 7.48. The summed E-state index contributed by atoms with van der Waals surface area (Å²) in [6, 6.07) is 37.2. The van der Waals surface area contributed by atoms with E-state index in [1.165, 1.54) is 11.1 Å². The standard InChI is InChI=1S/C24H18ClN/c25-23-13-7-8-14-24(23)26(21-11-5-2-6-12-21)22-17-15-20(16-18-22)19-9-3-1-4-10-19/h1-18H. The van der Waals surface area contributed by atoms with Gasteiger partial charge in [-0.3, -0.25) is 0 Å². The number of hydrogen-bond acceptors (Lipinski definition) is 1. The molecular formula is C24H18ClN. The second kappa shape index (κ2) is 7.47.